The van der Waals surface area contributed by atoms with Crippen molar-refractivity contribution in [3.05, 3.63) is 9.93 Å². The molecule has 0 spiro atoms. The molecule has 0 amide bonds. The zero-order valence-electron chi connectivity index (χ0n) is 40.8. The van der Waals surface area contributed by atoms with Gasteiger partial charge in [0.05, 0.1) is 0 Å². The molecule has 0 saturated heterocycles. The van der Waals surface area contributed by atoms with Crippen LogP contribution in [0.2, 0.25) is 0 Å². The molecule has 0 aromatic carbocycles. The van der Waals surface area contributed by atoms with Crippen molar-refractivity contribution >= 4 is 0 Å². The summed E-state index contributed by atoms with van der Waals surface area (Å²) in [7, 11) is 0. The Hall–Kier alpha value is -10.0. The number of hydrogen-bond donors (Lipinski definition) is 12. The molecule has 0 fully saturated rings. The highest BCUT2D eigenvalue weighted by molar-refractivity contribution is 5.39. The third kappa shape index (κ3) is 1280. The summed E-state index contributed by atoms with van der Waals surface area (Å²) in [6.07, 6.45) is 36.3. The summed E-state index contributed by atoms with van der Waals surface area (Å²) < 4.78 is 0. The third-order valence-electron chi connectivity index (χ3n) is 2.16. The van der Waals surface area contributed by atoms with Crippen molar-refractivity contribution < 1.29 is 134 Å². The molecule has 0 bridgehead atoms. The largest absolute Gasteiger partial charge is 0.412 e. The molecule has 18 N–H and O–H groups in total. The van der Waals surface area contributed by atoms with Gasteiger partial charge in [0.2, 0.25) is 0 Å². The van der Waals surface area contributed by atoms with Crippen LogP contribution in [0, 0.1) is 238 Å². The maximum Gasteiger partial charge on any atom is 0 e. The Balaban J connectivity index is -0.0000000108. The normalized spacial score (nSPS) is 3.79. The van der Waals surface area contributed by atoms with Crippen LogP contribution in [0.4, 0.5) is 0 Å². The lowest BCUT2D eigenvalue weighted by atomic mass is 10.5. The van der Waals surface area contributed by atoms with E-state index in [1.54, 1.807) is 41.5 Å². The van der Waals surface area contributed by atoms with Crippen LogP contribution < -0.4 is 12.3 Å². The zero-order chi connectivity index (χ0) is 60.4. The Bertz CT molecular complexity index is 2110. The molecule has 0 aliphatic heterocycles. The van der Waals surface area contributed by atoms with Crippen LogP contribution in [0.15, 0.2) is 0 Å². The molecule has 0 saturated carbocycles. The second kappa shape index (κ2) is 532. The molecule has 0 aliphatic rings. The van der Waals surface area contributed by atoms with Crippen molar-refractivity contribution in [1.82, 2.24) is 12.3 Å². The maximum atomic E-state index is 7.23. The SMILES string of the molecule is C.C.C.C.C.C.C.C.C.C.C.C.C.C.C.C.C.C.C.C#C.C#CC.C#CC#CC.C#CC#CC#C.C#CC#CC#CC.C#CC#CC#CC#CC.CC#CC.CC#CC#CC#CC.N.N.N#N.O.O=O.OOO.OOOO.OOOOO.OOOOOO.OOOOOOO. The topological polar surface area (TPSA) is 524 Å². The molecule has 95 heavy (non-hydrogen) atoms. The Morgan fingerprint density at radius 1 is 0.242 bits per heavy atom. The standard InChI is InChI=1S/C9H4.C8H6.C7H4.C6H2.C5H4.C4H6.C3H4.C2H2.19CH4.N2.2H3N.H2O7.H2O6.H2O5.H2O4.H2O3.O2.H2O/c1-3-5-7-9-8-6-4-2;1-3-5-7-8-6-4-2;1-3-5-7-6-4-2;1-3-5-6-4-2;1-3-5-4-2;1-3-4-2;1-3-2;1-2;;;;;;;;;;;;;;;;;;;;1-2;;;1-3-5-7-6-4-2;1-3-5-6-4-2;1-3-5-4-2;1-3-4-2;1-3-2;1-2;/h1H,2H3;1-2H3;1H,2H3;1-2H;1H,2H3;1-2H3;1H,2H3;1-2H;19*1H4;;2*1H3;1-2H;1-2H;1-2H;1-2H;1-2H;;1H2. The van der Waals surface area contributed by atoms with Crippen LogP contribution in [0.25, 0.3) is 0 Å². The van der Waals surface area contributed by atoms with Crippen molar-refractivity contribution in [2.75, 3.05) is 0 Å². The van der Waals surface area contributed by atoms with Gasteiger partial charge in [0.25, 0.3) is 0 Å². The summed E-state index contributed by atoms with van der Waals surface area (Å²) in [6, 6.07) is 0. The molecule has 0 radical (unpaired) electrons. The van der Waals surface area contributed by atoms with Gasteiger partial charge in [0, 0.05) is 20.7 Å². The minimum atomic E-state index is 0. The Morgan fingerprint density at radius 2 is 0.368 bits per heavy atom. The van der Waals surface area contributed by atoms with E-state index in [1.165, 1.54) is 0 Å². The van der Waals surface area contributed by atoms with E-state index in [9.17, 15) is 0 Å². The van der Waals surface area contributed by atoms with Gasteiger partial charge < -0.3 is 17.8 Å². The van der Waals surface area contributed by atoms with Crippen LogP contribution in [0.1, 0.15) is 196 Å². The second-order valence-corrected chi connectivity index (χ2v) is 5.72. The van der Waals surface area contributed by atoms with Gasteiger partial charge in [-0.05, 0) is 244 Å². The zero-order valence-corrected chi connectivity index (χ0v) is 40.8. The molecule has 566 valence electrons. The summed E-state index contributed by atoms with van der Waals surface area (Å²) in [6.45, 7) is 13.9. The van der Waals surface area contributed by atoms with E-state index < -0.39 is 0 Å². The van der Waals surface area contributed by atoms with E-state index in [0.29, 0.717) is 0 Å². The van der Waals surface area contributed by atoms with Crippen molar-refractivity contribution in [2.45, 2.75) is 196 Å². The Kier molecular flexibility index (Phi) is 1460. The van der Waals surface area contributed by atoms with Gasteiger partial charge in [0.1, 0.15) is 0 Å². The molecule has 0 heterocycles. The summed E-state index contributed by atoms with van der Waals surface area (Å²) in [4.78, 5) is 14.0. The highest BCUT2D eigenvalue weighted by atomic mass is 17.9. The van der Waals surface area contributed by atoms with Crippen molar-refractivity contribution in [3.8, 4) is 217 Å². The van der Waals surface area contributed by atoms with Crippen molar-refractivity contribution in [1.29, 1.82) is 10.8 Å². The molecular weight excluding hydrogens is 1260 g/mol. The fourth-order valence-electron chi connectivity index (χ4n) is 0.729. The highest BCUT2D eigenvalue weighted by Crippen LogP contribution is 1.77. The van der Waals surface area contributed by atoms with Gasteiger partial charge in [-0.2, -0.15) is 0 Å². The monoisotopic (exact) mass is 1390 g/mol. The van der Waals surface area contributed by atoms with Crippen molar-refractivity contribution in [3.63, 3.8) is 0 Å². The molecule has 32 heteroatoms. The summed E-state index contributed by atoms with van der Waals surface area (Å²) in [5.41, 5.74) is 0. The lowest BCUT2D eigenvalue weighted by molar-refractivity contribution is -0.784. The van der Waals surface area contributed by atoms with Crippen molar-refractivity contribution in [2.24, 2.45) is 0 Å². The molecular formula is C63H126N4O28. The third-order valence-corrected chi connectivity index (χ3v) is 2.16. The number of terminal acetylenes is 7. The van der Waals surface area contributed by atoms with Crippen LogP contribution in [-0.4, -0.2) is 58.0 Å². The Labute approximate surface area is 578 Å². The second-order valence-electron chi connectivity index (χ2n) is 5.72. The highest BCUT2D eigenvalue weighted by Gasteiger charge is 1.83. The molecule has 0 rings (SSSR count). The molecule has 32 nitrogen and oxygen atoms in total. The first-order valence-electron chi connectivity index (χ1n) is 15.2. The van der Waals surface area contributed by atoms with E-state index in [2.05, 4.69) is 261 Å². The summed E-state index contributed by atoms with van der Waals surface area (Å²) in [5, 5.41) is 125. The van der Waals surface area contributed by atoms with Crippen LogP contribution in [-0.2, 0) is 75.6 Å². The van der Waals surface area contributed by atoms with Gasteiger partial charge in [-0.3, -0.25) is 0 Å². The van der Waals surface area contributed by atoms with Crippen LogP contribution in [0.5, 0.6) is 0 Å². The van der Waals surface area contributed by atoms with Gasteiger partial charge in [-0.25, -0.2) is 52.6 Å². The van der Waals surface area contributed by atoms with E-state index in [0.717, 1.165) is 0 Å². The van der Waals surface area contributed by atoms with Gasteiger partial charge >= 0.3 is 0 Å². The summed E-state index contributed by atoms with van der Waals surface area (Å²) in [5.74, 6) is 67.8. The summed E-state index contributed by atoms with van der Waals surface area (Å²) >= 11 is 0. The molecule has 0 unspecified atom stereocenters. The average molecular weight is 1390 g/mol. The first kappa shape index (κ1) is 260. The lowest BCUT2D eigenvalue weighted by Gasteiger charge is -1.88. The number of hydrogen-bond acceptors (Lipinski definition) is 31. The minimum Gasteiger partial charge on any atom is -0.412 e. The predicted octanol–water partition coefficient (Wildman–Crippen LogP) is 15.9. The first-order chi connectivity index (χ1) is 35.5. The molecule has 0 aliphatic carbocycles. The van der Waals surface area contributed by atoms with E-state index in [4.69, 9.17) is 105 Å². The molecule has 0 aromatic rings. The van der Waals surface area contributed by atoms with Gasteiger partial charge in [-0.15, -0.1) is 69.1 Å². The van der Waals surface area contributed by atoms with Gasteiger partial charge in [0.15, 0.2) is 0 Å². The minimum absolute atomic E-state index is 0. The quantitative estimate of drug-likeness (QED) is 0.0318. The average Bonchev–Trinajstić information content (AvgIpc) is 3.43. The maximum absolute atomic E-state index is 7.23. The first-order valence-corrected chi connectivity index (χ1v) is 15.2. The number of rotatable bonds is 10. The van der Waals surface area contributed by atoms with E-state index in [1.807, 2.05) is 13.8 Å². The fourth-order valence-corrected chi connectivity index (χ4v) is 0.729. The molecule has 0 atom stereocenters. The molecule has 0 aromatic heterocycles. The van der Waals surface area contributed by atoms with E-state index >= 15 is 0 Å². The lowest BCUT2D eigenvalue weighted by Crippen LogP contribution is -1.93. The van der Waals surface area contributed by atoms with Crippen LogP contribution in [0.3, 0.4) is 0 Å². The smallest absolute Gasteiger partial charge is 0 e. The Morgan fingerprint density at radius 3 is 0.474 bits per heavy atom. The fraction of sp³-hybridized carbons (Fsp3) is 0.429. The van der Waals surface area contributed by atoms with Crippen LogP contribution >= 0.6 is 0 Å². The van der Waals surface area contributed by atoms with E-state index in [-0.39, 0.29) is 159 Å². The van der Waals surface area contributed by atoms with Gasteiger partial charge in [-0.1, -0.05) is 176 Å². The predicted molar refractivity (Wildman–Crippen MR) is 388 cm³/mol. The number of nitrogens with zero attached hydrogens (tertiary/aromatic N) is 2.